The van der Waals surface area contributed by atoms with Crippen LogP contribution >= 0.6 is 11.6 Å². The Balaban J connectivity index is 1.68. The summed E-state index contributed by atoms with van der Waals surface area (Å²) >= 11 is 6.07. The van der Waals surface area contributed by atoms with Crippen molar-refractivity contribution in [2.75, 3.05) is 29.9 Å². The van der Waals surface area contributed by atoms with Crippen molar-refractivity contribution in [2.45, 2.75) is 51.9 Å². The summed E-state index contributed by atoms with van der Waals surface area (Å²) in [6.07, 6.45) is 8.90. The molecule has 2 fully saturated rings. The molecule has 3 rings (SSSR count). The number of aromatic nitrogens is 3. The van der Waals surface area contributed by atoms with Crippen LogP contribution in [-0.4, -0.2) is 34.6 Å². The Morgan fingerprint density at radius 2 is 1.76 bits per heavy atom. The maximum atomic E-state index is 6.07. The third kappa shape index (κ3) is 3.76. The van der Waals surface area contributed by atoms with Crippen LogP contribution in [0, 0.1) is 5.41 Å². The molecule has 0 unspecified atom stereocenters. The Bertz CT molecular complexity index is 481. The van der Waals surface area contributed by atoms with Gasteiger partial charge in [0.25, 0.3) is 0 Å². The van der Waals surface area contributed by atoms with Gasteiger partial charge in [-0.2, -0.15) is 15.0 Å². The van der Waals surface area contributed by atoms with Gasteiger partial charge in [0.1, 0.15) is 0 Å². The van der Waals surface area contributed by atoms with Crippen LogP contribution in [0.4, 0.5) is 11.9 Å². The van der Waals surface area contributed by atoms with E-state index in [-0.39, 0.29) is 5.28 Å². The van der Waals surface area contributed by atoms with E-state index in [0.717, 1.165) is 19.6 Å². The number of piperidine rings is 1. The maximum Gasteiger partial charge on any atom is 0.231 e. The molecule has 0 bridgehead atoms. The van der Waals surface area contributed by atoms with Crippen molar-refractivity contribution < 1.29 is 0 Å². The van der Waals surface area contributed by atoms with E-state index in [0.29, 0.717) is 17.3 Å². The zero-order chi connectivity index (χ0) is 14.7. The summed E-state index contributed by atoms with van der Waals surface area (Å²) in [5.41, 5.74) is 0.365. The smallest absolute Gasteiger partial charge is 0.231 e. The number of hydrogen-bond acceptors (Lipinski definition) is 5. The Morgan fingerprint density at radius 1 is 1.05 bits per heavy atom. The van der Waals surface area contributed by atoms with E-state index < -0.39 is 0 Å². The summed E-state index contributed by atoms with van der Waals surface area (Å²) in [5.74, 6) is 1.33. The second-order valence-electron chi connectivity index (χ2n) is 6.65. The lowest BCUT2D eigenvalue weighted by Gasteiger charge is -2.27. The Morgan fingerprint density at radius 3 is 2.48 bits per heavy atom. The van der Waals surface area contributed by atoms with E-state index in [1.165, 1.54) is 44.9 Å². The molecular formula is C15H24ClN5. The van der Waals surface area contributed by atoms with Gasteiger partial charge in [-0.05, 0) is 49.1 Å². The van der Waals surface area contributed by atoms with Crippen LogP contribution in [0.2, 0.25) is 5.28 Å². The first-order valence-corrected chi connectivity index (χ1v) is 8.43. The van der Waals surface area contributed by atoms with E-state index in [9.17, 15) is 0 Å². The molecule has 1 saturated carbocycles. The summed E-state index contributed by atoms with van der Waals surface area (Å²) in [6.45, 7) is 5.27. The van der Waals surface area contributed by atoms with Gasteiger partial charge >= 0.3 is 0 Å². The normalized spacial score (nSPS) is 21.5. The zero-order valence-corrected chi connectivity index (χ0v) is 13.5. The average Bonchev–Trinajstić information content (AvgIpc) is 2.93. The van der Waals surface area contributed by atoms with Crippen LogP contribution in [0.1, 0.15) is 51.9 Å². The van der Waals surface area contributed by atoms with Crippen molar-refractivity contribution in [2.24, 2.45) is 5.41 Å². The highest BCUT2D eigenvalue weighted by atomic mass is 35.5. The molecule has 5 nitrogen and oxygen atoms in total. The van der Waals surface area contributed by atoms with Crippen molar-refractivity contribution in [3.63, 3.8) is 0 Å². The maximum absolute atomic E-state index is 6.07. The molecule has 1 N–H and O–H groups in total. The second-order valence-corrected chi connectivity index (χ2v) is 6.99. The molecular weight excluding hydrogens is 286 g/mol. The Labute approximate surface area is 131 Å². The van der Waals surface area contributed by atoms with Gasteiger partial charge in [0, 0.05) is 19.6 Å². The minimum absolute atomic E-state index is 0.282. The van der Waals surface area contributed by atoms with Gasteiger partial charge in [-0.1, -0.05) is 19.8 Å². The van der Waals surface area contributed by atoms with E-state index in [1.54, 1.807) is 0 Å². The van der Waals surface area contributed by atoms with Crippen molar-refractivity contribution >= 4 is 23.5 Å². The lowest BCUT2D eigenvalue weighted by molar-refractivity contribution is 0.361. The van der Waals surface area contributed by atoms with Crippen molar-refractivity contribution in [1.29, 1.82) is 0 Å². The molecule has 0 radical (unpaired) electrons. The zero-order valence-electron chi connectivity index (χ0n) is 12.7. The lowest BCUT2D eigenvalue weighted by atomic mass is 9.89. The molecule has 6 heteroatoms. The number of nitrogens with one attached hydrogen (secondary N) is 1. The number of halogens is 1. The van der Waals surface area contributed by atoms with E-state index in [2.05, 4.69) is 32.1 Å². The third-order valence-electron chi connectivity index (χ3n) is 4.72. The topological polar surface area (TPSA) is 53.9 Å². The van der Waals surface area contributed by atoms with E-state index in [1.807, 2.05) is 0 Å². The van der Waals surface area contributed by atoms with E-state index in [4.69, 9.17) is 11.6 Å². The third-order valence-corrected chi connectivity index (χ3v) is 4.89. The first kappa shape index (κ1) is 14.8. The summed E-state index contributed by atoms with van der Waals surface area (Å²) in [7, 11) is 0. The molecule has 116 valence electrons. The number of nitrogens with zero attached hydrogens (tertiary/aromatic N) is 4. The first-order chi connectivity index (χ1) is 10.1. The molecule has 1 aromatic rings. The molecule has 21 heavy (non-hydrogen) atoms. The highest BCUT2D eigenvalue weighted by molar-refractivity contribution is 6.28. The van der Waals surface area contributed by atoms with Crippen molar-refractivity contribution in [3.05, 3.63) is 5.28 Å². The van der Waals surface area contributed by atoms with Crippen LogP contribution in [0.15, 0.2) is 0 Å². The summed E-state index contributed by atoms with van der Waals surface area (Å²) in [6, 6.07) is 0. The largest absolute Gasteiger partial charge is 0.353 e. The van der Waals surface area contributed by atoms with Gasteiger partial charge in [-0.25, -0.2) is 0 Å². The first-order valence-electron chi connectivity index (χ1n) is 8.05. The van der Waals surface area contributed by atoms with Gasteiger partial charge in [-0.3, -0.25) is 0 Å². The lowest BCUT2D eigenvalue weighted by Crippen LogP contribution is -2.31. The Hall–Kier alpha value is -1.10. The summed E-state index contributed by atoms with van der Waals surface area (Å²) in [4.78, 5) is 15.3. The molecule has 0 atom stereocenters. The number of rotatable bonds is 4. The highest BCUT2D eigenvalue weighted by Gasteiger charge is 2.28. The second kappa shape index (κ2) is 6.34. The fourth-order valence-electron chi connectivity index (χ4n) is 3.35. The average molecular weight is 310 g/mol. The molecule has 1 saturated heterocycles. The minimum atomic E-state index is 0.282. The fourth-order valence-corrected chi connectivity index (χ4v) is 3.51. The fraction of sp³-hybridized carbons (Fsp3) is 0.800. The highest BCUT2D eigenvalue weighted by Crippen LogP contribution is 2.37. The quantitative estimate of drug-likeness (QED) is 0.922. The number of hydrogen-bond donors (Lipinski definition) is 1. The predicted octanol–water partition coefficient (Wildman–Crippen LogP) is 3.51. The van der Waals surface area contributed by atoms with E-state index >= 15 is 0 Å². The van der Waals surface area contributed by atoms with Gasteiger partial charge < -0.3 is 10.2 Å². The molecule has 0 aromatic carbocycles. The van der Waals surface area contributed by atoms with Gasteiger partial charge in [-0.15, -0.1) is 0 Å². The molecule has 2 heterocycles. The summed E-state index contributed by atoms with van der Waals surface area (Å²) < 4.78 is 0. The standard InChI is InChI=1S/C15H24ClN5/c1-15(7-3-4-8-15)11-17-13-18-12(16)19-14(20-13)21-9-5-2-6-10-21/h2-11H2,1H3,(H,17,18,19,20). The van der Waals surface area contributed by atoms with Crippen LogP contribution in [0.5, 0.6) is 0 Å². The molecule has 1 aromatic heterocycles. The monoisotopic (exact) mass is 309 g/mol. The molecule has 1 aliphatic carbocycles. The molecule has 2 aliphatic rings. The van der Waals surface area contributed by atoms with Crippen LogP contribution in [0.3, 0.4) is 0 Å². The summed E-state index contributed by atoms with van der Waals surface area (Å²) in [5, 5.41) is 3.66. The van der Waals surface area contributed by atoms with Crippen molar-refractivity contribution in [3.8, 4) is 0 Å². The van der Waals surface area contributed by atoms with Crippen LogP contribution in [-0.2, 0) is 0 Å². The molecule has 0 amide bonds. The van der Waals surface area contributed by atoms with Crippen LogP contribution in [0.25, 0.3) is 0 Å². The van der Waals surface area contributed by atoms with Crippen LogP contribution < -0.4 is 10.2 Å². The predicted molar refractivity (Wildman–Crippen MR) is 86.0 cm³/mol. The number of anilines is 2. The van der Waals surface area contributed by atoms with Gasteiger partial charge in [0.15, 0.2) is 0 Å². The molecule has 1 aliphatic heterocycles. The van der Waals surface area contributed by atoms with Gasteiger partial charge in [0.05, 0.1) is 0 Å². The minimum Gasteiger partial charge on any atom is -0.353 e. The van der Waals surface area contributed by atoms with Gasteiger partial charge in [0.2, 0.25) is 17.2 Å². The van der Waals surface area contributed by atoms with Crippen molar-refractivity contribution in [1.82, 2.24) is 15.0 Å². The Kier molecular flexibility index (Phi) is 4.48. The SMILES string of the molecule is CC1(CNc2nc(Cl)nc(N3CCCCC3)n2)CCCC1. The molecule has 0 spiro atoms.